The van der Waals surface area contributed by atoms with Crippen molar-refractivity contribution in [1.82, 2.24) is 9.29 Å². The fraction of sp³-hybridized carbons (Fsp3) is 0.136. The van der Waals surface area contributed by atoms with E-state index in [1.165, 1.54) is 9.71 Å². The zero-order valence-electron chi connectivity index (χ0n) is 15.2. The van der Waals surface area contributed by atoms with Crippen LogP contribution < -0.4 is 0 Å². The van der Waals surface area contributed by atoms with Crippen LogP contribution in [0.3, 0.4) is 0 Å². The van der Waals surface area contributed by atoms with Crippen LogP contribution in [-0.4, -0.2) is 17.7 Å². The zero-order valence-corrected chi connectivity index (χ0v) is 16.0. The van der Waals surface area contributed by atoms with Gasteiger partial charge in [-0.2, -0.15) is 4.31 Å². The van der Waals surface area contributed by atoms with E-state index in [1.807, 2.05) is 79.7 Å². The summed E-state index contributed by atoms with van der Waals surface area (Å²) in [5, 5.41) is 1.26. The maximum absolute atomic E-state index is 13.0. The molecule has 0 amide bonds. The third kappa shape index (κ3) is 5.61. The molecule has 3 aromatic rings. The van der Waals surface area contributed by atoms with Crippen LogP contribution >= 0.6 is 0 Å². The van der Waals surface area contributed by atoms with Crippen LogP contribution in [0.2, 0.25) is 0 Å². The summed E-state index contributed by atoms with van der Waals surface area (Å²) in [7, 11) is -3.62. The fourth-order valence-electron chi connectivity index (χ4n) is 2.74. The van der Waals surface area contributed by atoms with Crippen molar-refractivity contribution in [2.24, 2.45) is 0 Å². The first-order valence-corrected chi connectivity index (χ1v) is 10.2. The molecule has 3 rings (SSSR count). The second-order valence-electron chi connectivity index (χ2n) is 6.34. The van der Waals surface area contributed by atoms with Crippen molar-refractivity contribution in [1.29, 1.82) is 0 Å². The van der Waals surface area contributed by atoms with Crippen molar-refractivity contribution in [3.8, 4) is 0 Å². The highest BCUT2D eigenvalue weighted by Gasteiger charge is 2.20. The van der Waals surface area contributed by atoms with Crippen LogP contribution in [0.4, 0.5) is 0 Å². The van der Waals surface area contributed by atoms with Gasteiger partial charge in [-0.15, -0.1) is 0 Å². The Morgan fingerprint density at radius 2 is 1.70 bits per heavy atom. The molecule has 27 heavy (non-hydrogen) atoms. The molecule has 0 saturated heterocycles. The fourth-order valence-corrected chi connectivity index (χ4v) is 3.88. The van der Waals surface area contributed by atoms with Gasteiger partial charge in [0.2, 0.25) is 10.0 Å². The van der Waals surface area contributed by atoms with Gasteiger partial charge in [-0.1, -0.05) is 66.2 Å². The number of hydrogen-bond acceptors (Lipinski definition) is 3. The van der Waals surface area contributed by atoms with E-state index in [2.05, 4.69) is 4.98 Å². The Balaban J connectivity index is 1.88. The molecule has 4 nitrogen and oxygen atoms in total. The summed E-state index contributed by atoms with van der Waals surface area (Å²) in [6, 6.07) is 22.8. The van der Waals surface area contributed by atoms with Gasteiger partial charge in [-0.25, -0.2) is 8.42 Å². The lowest BCUT2D eigenvalue weighted by atomic mass is 10.1. The summed E-state index contributed by atoms with van der Waals surface area (Å²) >= 11 is 0. The number of aryl methyl sites for hydroxylation is 1. The first kappa shape index (κ1) is 19.0. The molecular weight excluding hydrogens is 356 g/mol. The molecular formula is C22H22N2O2S. The summed E-state index contributed by atoms with van der Waals surface area (Å²) < 4.78 is 27.5. The quantitative estimate of drug-likeness (QED) is 0.612. The summed E-state index contributed by atoms with van der Waals surface area (Å²) in [5.41, 5.74) is 3.60. The molecule has 0 N–H and O–H groups in total. The normalized spacial score (nSPS) is 11.9. The second-order valence-corrected chi connectivity index (χ2v) is 8.16. The predicted octanol–water partition coefficient (Wildman–Crippen LogP) is 4.39. The largest absolute Gasteiger partial charge is 0.260 e. The molecule has 0 saturated carbocycles. The van der Waals surface area contributed by atoms with Crippen LogP contribution in [0.15, 0.2) is 84.4 Å². The van der Waals surface area contributed by atoms with Crippen LogP contribution in [0, 0.1) is 6.92 Å². The van der Waals surface area contributed by atoms with Crippen molar-refractivity contribution < 1.29 is 8.42 Å². The van der Waals surface area contributed by atoms with Crippen molar-refractivity contribution in [2.75, 3.05) is 0 Å². The minimum Gasteiger partial charge on any atom is -0.260 e. The average Bonchev–Trinajstić information content (AvgIpc) is 2.68. The van der Waals surface area contributed by atoms with Gasteiger partial charge in [0, 0.05) is 18.1 Å². The van der Waals surface area contributed by atoms with E-state index >= 15 is 0 Å². The van der Waals surface area contributed by atoms with Crippen molar-refractivity contribution in [3.05, 3.63) is 107 Å². The second kappa shape index (κ2) is 8.75. The monoisotopic (exact) mass is 378 g/mol. The Hall–Kier alpha value is -2.76. The molecule has 0 bridgehead atoms. The lowest BCUT2D eigenvalue weighted by Crippen LogP contribution is -2.29. The number of pyridine rings is 1. The molecule has 138 valence electrons. The summed E-state index contributed by atoms with van der Waals surface area (Å²) in [5.74, 6) is 0. The highest BCUT2D eigenvalue weighted by atomic mass is 32.2. The number of nitrogens with zero attached hydrogens (tertiary/aromatic N) is 2. The topological polar surface area (TPSA) is 50.3 Å². The van der Waals surface area contributed by atoms with E-state index in [0.29, 0.717) is 12.2 Å². The van der Waals surface area contributed by atoms with E-state index in [1.54, 1.807) is 12.3 Å². The van der Waals surface area contributed by atoms with Gasteiger partial charge >= 0.3 is 0 Å². The van der Waals surface area contributed by atoms with E-state index in [0.717, 1.165) is 16.7 Å². The van der Waals surface area contributed by atoms with Gasteiger partial charge in [-0.3, -0.25) is 4.98 Å². The molecule has 0 spiro atoms. The molecule has 1 aromatic heterocycles. The Morgan fingerprint density at radius 3 is 2.41 bits per heavy atom. The number of hydrogen-bond donors (Lipinski definition) is 0. The number of benzene rings is 2. The van der Waals surface area contributed by atoms with Gasteiger partial charge in [0.1, 0.15) is 0 Å². The standard InChI is InChI=1S/C22H22N2O2S/c1-19-8-7-11-21(16-19)17-24(18-22-12-5-6-14-23-22)27(25,26)15-13-20-9-3-2-4-10-20/h2-16H,17-18H2,1H3/b15-13+. The van der Waals surface area contributed by atoms with Gasteiger partial charge in [0.15, 0.2) is 0 Å². The first-order chi connectivity index (χ1) is 13.0. The molecule has 0 atom stereocenters. The van der Waals surface area contributed by atoms with Crippen LogP contribution in [0.5, 0.6) is 0 Å². The molecule has 0 radical (unpaired) electrons. The third-order valence-electron chi connectivity index (χ3n) is 4.10. The minimum atomic E-state index is -3.62. The number of rotatable bonds is 7. The van der Waals surface area contributed by atoms with Crippen molar-refractivity contribution in [2.45, 2.75) is 20.0 Å². The number of aromatic nitrogens is 1. The summed E-state index contributed by atoms with van der Waals surface area (Å²) in [4.78, 5) is 4.28. The smallest absolute Gasteiger partial charge is 0.236 e. The lowest BCUT2D eigenvalue weighted by molar-refractivity contribution is 0.403. The van der Waals surface area contributed by atoms with E-state index in [-0.39, 0.29) is 6.54 Å². The first-order valence-electron chi connectivity index (χ1n) is 8.72. The average molecular weight is 378 g/mol. The zero-order chi connectivity index (χ0) is 19.1. The van der Waals surface area contributed by atoms with Crippen LogP contribution in [0.25, 0.3) is 6.08 Å². The predicted molar refractivity (Wildman–Crippen MR) is 109 cm³/mol. The van der Waals surface area contributed by atoms with Crippen molar-refractivity contribution in [3.63, 3.8) is 0 Å². The Labute approximate surface area is 160 Å². The SMILES string of the molecule is Cc1cccc(CN(Cc2ccccn2)S(=O)(=O)/C=C/c2ccccc2)c1. The molecule has 2 aromatic carbocycles. The highest BCUT2D eigenvalue weighted by Crippen LogP contribution is 2.16. The molecule has 0 aliphatic rings. The highest BCUT2D eigenvalue weighted by molar-refractivity contribution is 7.92. The lowest BCUT2D eigenvalue weighted by Gasteiger charge is -2.20. The molecule has 0 aliphatic heterocycles. The Morgan fingerprint density at radius 1 is 0.926 bits per heavy atom. The molecule has 0 fully saturated rings. The summed E-state index contributed by atoms with van der Waals surface area (Å²) in [6.45, 7) is 2.51. The maximum atomic E-state index is 13.0. The van der Waals surface area contributed by atoms with Gasteiger partial charge in [0.25, 0.3) is 0 Å². The summed E-state index contributed by atoms with van der Waals surface area (Å²) in [6.07, 6.45) is 3.30. The molecule has 0 unspecified atom stereocenters. The van der Waals surface area contributed by atoms with E-state index in [9.17, 15) is 8.42 Å². The minimum absolute atomic E-state index is 0.218. The maximum Gasteiger partial charge on any atom is 0.236 e. The number of sulfonamides is 1. The third-order valence-corrected chi connectivity index (χ3v) is 5.56. The van der Waals surface area contributed by atoms with Gasteiger partial charge in [0.05, 0.1) is 12.2 Å². The molecule has 1 heterocycles. The van der Waals surface area contributed by atoms with Crippen LogP contribution in [0.1, 0.15) is 22.4 Å². The Kier molecular flexibility index (Phi) is 6.16. The van der Waals surface area contributed by atoms with E-state index in [4.69, 9.17) is 0 Å². The molecule has 0 aliphatic carbocycles. The van der Waals surface area contributed by atoms with Crippen LogP contribution in [-0.2, 0) is 23.1 Å². The molecule has 5 heteroatoms. The van der Waals surface area contributed by atoms with Gasteiger partial charge < -0.3 is 0 Å². The van der Waals surface area contributed by atoms with E-state index < -0.39 is 10.0 Å². The Bertz CT molecular complexity index is 1000. The van der Waals surface area contributed by atoms with Crippen molar-refractivity contribution >= 4 is 16.1 Å². The van der Waals surface area contributed by atoms with Gasteiger partial charge in [-0.05, 0) is 36.3 Å².